The zero-order valence-electron chi connectivity index (χ0n) is 10.9. The van der Waals surface area contributed by atoms with Crippen LogP contribution in [0.3, 0.4) is 0 Å². The molecule has 1 rings (SSSR count). The lowest BCUT2D eigenvalue weighted by molar-refractivity contribution is -0.136. The average molecular weight is 244 g/mol. The summed E-state index contributed by atoms with van der Waals surface area (Å²) in [6.07, 6.45) is 1.13. The number of nitrogens with zero attached hydrogens (tertiary/aromatic N) is 2. The summed E-state index contributed by atoms with van der Waals surface area (Å²) < 4.78 is 0. The third-order valence-electron chi connectivity index (χ3n) is 2.79. The maximum absolute atomic E-state index is 12.1. The molecular formula is C12H24N2OS. The van der Waals surface area contributed by atoms with Crippen molar-refractivity contribution in [1.29, 1.82) is 0 Å². The molecule has 0 N–H and O–H groups in total. The summed E-state index contributed by atoms with van der Waals surface area (Å²) in [5, 5.41) is 0. The predicted octanol–water partition coefficient (Wildman–Crippen LogP) is 1.54. The van der Waals surface area contributed by atoms with E-state index < -0.39 is 0 Å². The molecule has 1 fully saturated rings. The number of rotatable bonds is 3. The molecule has 0 saturated carbocycles. The molecule has 94 valence electrons. The Morgan fingerprint density at radius 3 is 2.75 bits per heavy atom. The van der Waals surface area contributed by atoms with Gasteiger partial charge in [0.1, 0.15) is 0 Å². The zero-order chi connectivity index (χ0) is 12.1. The first kappa shape index (κ1) is 13.8. The maximum Gasteiger partial charge on any atom is 0.225 e. The molecule has 0 radical (unpaired) electrons. The number of hydrogen-bond donors (Lipinski definition) is 0. The van der Waals surface area contributed by atoms with Crippen LogP contribution in [-0.4, -0.2) is 60.4 Å². The highest BCUT2D eigenvalue weighted by atomic mass is 32.2. The summed E-state index contributed by atoms with van der Waals surface area (Å²) in [6.45, 7) is 5.90. The van der Waals surface area contributed by atoms with Crippen LogP contribution in [0.4, 0.5) is 0 Å². The van der Waals surface area contributed by atoms with E-state index in [1.165, 1.54) is 5.75 Å². The molecule has 1 atom stereocenters. The van der Waals surface area contributed by atoms with Gasteiger partial charge in [-0.15, -0.1) is 0 Å². The van der Waals surface area contributed by atoms with E-state index in [1.807, 2.05) is 25.6 Å². The van der Waals surface area contributed by atoms with Crippen molar-refractivity contribution in [3.8, 4) is 0 Å². The van der Waals surface area contributed by atoms with Crippen LogP contribution < -0.4 is 0 Å². The molecule has 1 heterocycles. The van der Waals surface area contributed by atoms with Crippen molar-refractivity contribution in [1.82, 2.24) is 9.80 Å². The van der Waals surface area contributed by atoms with Crippen molar-refractivity contribution in [3.05, 3.63) is 0 Å². The van der Waals surface area contributed by atoms with E-state index in [0.717, 1.165) is 25.3 Å². The molecule has 16 heavy (non-hydrogen) atoms. The normalized spacial score (nSPS) is 22.6. The summed E-state index contributed by atoms with van der Waals surface area (Å²) in [5.41, 5.74) is 0. The van der Waals surface area contributed by atoms with Crippen LogP contribution >= 0.6 is 11.8 Å². The van der Waals surface area contributed by atoms with Gasteiger partial charge in [0.2, 0.25) is 5.91 Å². The summed E-state index contributed by atoms with van der Waals surface area (Å²) in [4.78, 5) is 16.4. The Morgan fingerprint density at radius 1 is 1.50 bits per heavy atom. The van der Waals surface area contributed by atoms with Gasteiger partial charge >= 0.3 is 0 Å². The third-order valence-corrected chi connectivity index (χ3v) is 3.99. The Labute approximate surface area is 104 Å². The predicted molar refractivity (Wildman–Crippen MR) is 70.8 cm³/mol. The fourth-order valence-corrected chi connectivity index (χ4v) is 3.08. The van der Waals surface area contributed by atoms with Crippen LogP contribution in [0.2, 0.25) is 0 Å². The maximum atomic E-state index is 12.1. The molecule has 1 amide bonds. The van der Waals surface area contributed by atoms with Crippen molar-refractivity contribution in [2.45, 2.75) is 26.3 Å². The topological polar surface area (TPSA) is 23.6 Å². The summed E-state index contributed by atoms with van der Waals surface area (Å²) in [6, 6.07) is 0.386. The second-order valence-electron chi connectivity index (χ2n) is 5.03. The molecule has 0 aromatic carbocycles. The molecule has 0 spiro atoms. The Kier molecular flexibility index (Phi) is 5.62. The molecule has 1 aliphatic rings. The molecular weight excluding hydrogens is 220 g/mol. The number of amides is 1. The first-order valence-corrected chi connectivity index (χ1v) is 7.20. The Balaban J connectivity index is 2.69. The van der Waals surface area contributed by atoms with E-state index in [4.69, 9.17) is 0 Å². The van der Waals surface area contributed by atoms with E-state index in [-0.39, 0.29) is 5.92 Å². The van der Waals surface area contributed by atoms with Crippen LogP contribution in [0.1, 0.15) is 20.3 Å². The smallest absolute Gasteiger partial charge is 0.225 e. The van der Waals surface area contributed by atoms with Gasteiger partial charge < -0.3 is 9.80 Å². The molecule has 0 bridgehead atoms. The minimum atomic E-state index is 0.118. The number of carbonyl (C=O) groups excluding carboxylic acids is 1. The quantitative estimate of drug-likeness (QED) is 0.752. The summed E-state index contributed by atoms with van der Waals surface area (Å²) in [7, 11) is 4.15. The van der Waals surface area contributed by atoms with Crippen LogP contribution in [-0.2, 0) is 4.79 Å². The Hall–Kier alpha value is -0.220. The van der Waals surface area contributed by atoms with Crippen molar-refractivity contribution >= 4 is 17.7 Å². The van der Waals surface area contributed by atoms with Gasteiger partial charge in [0.15, 0.2) is 0 Å². The van der Waals surface area contributed by atoms with Gasteiger partial charge in [0.05, 0.1) is 6.04 Å². The molecule has 1 saturated heterocycles. The van der Waals surface area contributed by atoms with Gasteiger partial charge in [-0.2, -0.15) is 11.8 Å². The van der Waals surface area contributed by atoms with E-state index in [0.29, 0.717) is 11.9 Å². The van der Waals surface area contributed by atoms with Gasteiger partial charge in [0, 0.05) is 24.8 Å². The fraction of sp³-hybridized carbons (Fsp3) is 0.917. The van der Waals surface area contributed by atoms with Gasteiger partial charge in [-0.3, -0.25) is 4.79 Å². The fourth-order valence-electron chi connectivity index (χ4n) is 2.02. The molecule has 1 aliphatic heterocycles. The largest absolute Gasteiger partial charge is 0.337 e. The SMILES string of the molecule is CC(C)C(=O)N1CCCSCC1CN(C)C. The van der Waals surface area contributed by atoms with Crippen molar-refractivity contribution in [2.24, 2.45) is 5.92 Å². The number of thioether (sulfide) groups is 1. The molecule has 0 aromatic heterocycles. The number of carbonyl (C=O) groups is 1. The van der Waals surface area contributed by atoms with Crippen molar-refractivity contribution in [3.63, 3.8) is 0 Å². The highest BCUT2D eigenvalue weighted by Gasteiger charge is 2.27. The van der Waals surface area contributed by atoms with Crippen LogP contribution in [0.25, 0.3) is 0 Å². The van der Waals surface area contributed by atoms with E-state index >= 15 is 0 Å². The lowest BCUT2D eigenvalue weighted by Crippen LogP contribution is -2.48. The number of hydrogen-bond acceptors (Lipinski definition) is 3. The van der Waals surface area contributed by atoms with Crippen molar-refractivity contribution < 1.29 is 4.79 Å². The minimum absolute atomic E-state index is 0.118. The molecule has 1 unspecified atom stereocenters. The monoisotopic (exact) mass is 244 g/mol. The lowest BCUT2D eigenvalue weighted by Gasteiger charge is -2.33. The average Bonchev–Trinajstić information content (AvgIpc) is 2.41. The molecule has 0 aromatic rings. The summed E-state index contributed by atoms with van der Waals surface area (Å²) >= 11 is 1.98. The Bertz CT molecular complexity index is 231. The minimum Gasteiger partial charge on any atom is -0.337 e. The molecule has 0 aliphatic carbocycles. The van der Waals surface area contributed by atoms with Crippen LogP contribution in [0.5, 0.6) is 0 Å². The standard InChI is InChI=1S/C12H24N2OS/c1-10(2)12(15)14-6-5-7-16-9-11(14)8-13(3)4/h10-11H,5-9H2,1-4H3. The van der Waals surface area contributed by atoms with Crippen molar-refractivity contribution in [2.75, 3.05) is 38.7 Å². The van der Waals surface area contributed by atoms with E-state index in [2.05, 4.69) is 23.9 Å². The molecule has 3 nitrogen and oxygen atoms in total. The van der Waals surface area contributed by atoms with Crippen LogP contribution in [0, 0.1) is 5.92 Å². The van der Waals surface area contributed by atoms with E-state index in [1.54, 1.807) is 0 Å². The second-order valence-corrected chi connectivity index (χ2v) is 6.18. The first-order chi connectivity index (χ1) is 7.52. The second kappa shape index (κ2) is 6.50. The van der Waals surface area contributed by atoms with E-state index in [9.17, 15) is 4.79 Å². The number of likely N-dealkylation sites (N-methyl/N-ethyl adjacent to an activating group) is 1. The van der Waals surface area contributed by atoms with Gasteiger partial charge in [-0.25, -0.2) is 0 Å². The van der Waals surface area contributed by atoms with Gasteiger partial charge in [0.25, 0.3) is 0 Å². The van der Waals surface area contributed by atoms with Gasteiger partial charge in [-0.05, 0) is 26.3 Å². The van der Waals surface area contributed by atoms with Crippen LogP contribution in [0.15, 0.2) is 0 Å². The highest BCUT2D eigenvalue weighted by Crippen LogP contribution is 2.18. The lowest BCUT2D eigenvalue weighted by atomic mass is 10.1. The summed E-state index contributed by atoms with van der Waals surface area (Å²) in [5.74, 6) is 2.70. The Morgan fingerprint density at radius 2 is 2.19 bits per heavy atom. The zero-order valence-corrected chi connectivity index (χ0v) is 11.7. The third kappa shape index (κ3) is 3.98. The first-order valence-electron chi connectivity index (χ1n) is 6.05. The van der Waals surface area contributed by atoms with Gasteiger partial charge in [-0.1, -0.05) is 13.8 Å². The highest BCUT2D eigenvalue weighted by molar-refractivity contribution is 7.99. The molecule has 4 heteroatoms.